The van der Waals surface area contributed by atoms with E-state index in [1.165, 1.54) is 12.3 Å². The van der Waals surface area contributed by atoms with Crippen LogP contribution in [0.5, 0.6) is 23.0 Å². The molecule has 1 aromatic carbocycles. The molecule has 0 spiro atoms. The van der Waals surface area contributed by atoms with E-state index in [2.05, 4.69) is 36.8 Å². The summed E-state index contributed by atoms with van der Waals surface area (Å²) in [5.74, 6) is -1.62. The van der Waals surface area contributed by atoms with Gasteiger partial charge in [0.1, 0.15) is 5.01 Å². The van der Waals surface area contributed by atoms with E-state index in [-0.39, 0.29) is 16.0 Å². The van der Waals surface area contributed by atoms with Crippen molar-refractivity contribution in [2.75, 3.05) is 0 Å². The Morgan fingerprint density at radius 1 is 1.00 bits per heavy atom. The Bertz CT molecular complexity index is 1020. The van der Waals surface area contributed by atoms with Gasteiger partial charge in [-0.15, -0.1) is 11.3 Å². The summed E-state index contributed by atoms with van der Waals surface area (Å²) in [6.07, 6.45) is 4.71. The SMILES string of the molecule is O=c1c(O)c2sc(/C=C/c3cc(O)c(O)c(Br)c3)ncc-2c(Br)c1O. The van der Waals surface area contributed by atoms with Crippen LogP contribution in [-0.4, -0.2) is 25.4 Å². The minimum absolute atomic E-state index is 0.178. The molecule has 9 heteroatoms. The van der Waals surface area contributed by atoms with Gasteiger partial charge in [-0.1, -0.05) is 6.08 Å². The largest absolute Gasteiger partial charge is 0.504 e. The molecule has 2 aliphatic rings. The lowest BCUT2D eigenvalue weighted by molar-refractivity contribution is 0.401. The molecule has 4 N–H and O–H groups in total. The van der Waals surface area contributed by atoms with Crippen LogP contribution in [0.25, 0.3) is 22.6 Å². The highest BCUT2D eigenvalue weighted by Gasteiger charge is 2.21. The average molecular weight is 487 g/mol. The Balaban J connectivity index is 2.06. The van der Waals surface area contributed by atoms with Crippen LogP contribution in [0.2, 0.25) is 0 Å². The number of aromatic hydroxyl groups is 4. The summed E-state index contributed by atoms with van der Waals surface area (Å²) in [6, 6.07) is 2.99. The summed E-state index contributed by atoms with van der Waals surface area (Å²) in [5, 5.41) is 39.3. The van der Waals surface area contributed by atoms with Crippen molar-refractivity contribution in [2.24, 2.45) is 0 Å². The third-order valence-electron chi connectivity index (χ3n) is 3.35. The molecular formula is C16H9Br2NO5S. The molecule has 0 aromatic heterocycles. The highest BCUT2D eigenvalue weighted by atomic mass is 79.9. The van der Waals surface area contributed by atoms with Gasteiger partial charge >= 0.3 is 0 Å². The van der Waals surface area contributed by atoms with Crippen LogP contribution in [0.1, 0.15) is 10.6 Å². The zero-order valence-corrected chi connectivity index (χ0v) is 16.2. The summed E-state index contributed by atoms with van der Waals surface area (Å²) < 4.78 is 0.521. The average Bonchev–Trinajstić information content (AvgIpc) is 2.60. The van der Waals surface area contributed by atoms with E-state index in [4.69, 9.17) is 0 Å². The molecule has 128 valence electrons. The molecule has 1 aromatic rings. The van der Waals surface area contributed by atoms with Gasteiger partial charge in [-0.2, -0.15) is 0 Å². The first kappa shape index (κ1) is 17.7. The minimum atomic E-state index is -0.857. The monoisotopic (exact) mass is 485 g/mol. The van der Waals surface area contributed by atoms with Gasteiger partial charge in [-0.25, -0.2) is 4.98 Å². The maximum absolute atomic E-state index is 11.8. The molecule has 0 radical (unpaired) electrons. The molecule has 0 saturated carbocycles. The van der Waals surface area contributed by atoms with Gasteiger partial charge in [-0.05, 0) is 55.6 Å². The normalized spacial score (nSPS) is 11.4. The van der Waals surface area contributed by atoms with Crippen molar-refractivity contribution < 1.29 is 20.4 Å². The number of fused-ring (bicyclic) bond motifs is 1. The van der Waals surface area contributed by atoms with Crippen molar-refractivity contribution in [1.29, 1.82) is 0 Å². The second kappa shape index (κ2) is 6.66. The van der Waals surface area contributed by atoms with E-state index >= 15 is 0 Å². The first-order valence-electron chi connectivity index (χ1n) is 6.72. The van der Waals surface area contributed by atoms with Crippen LogP contribution in [-0.2, 0) is 0 Å². The first-order valence-corrected chi connectivity index (χ1v) is 9.12. The van der Waals surface area contributed by atoms with Gasteiger partial charge in [0.05, 0.1) is 13.8 Å². The molecule has 6 nitrogen and oxygen atoms in total. The summed E-state index contributed by atoms with van der Waals surface area (Å²) in [7, 11) is 0. The van der Waals surface area contributed by atoms with Gasteiger partial charge in [0, 0.05) is 11.8 Å². The Kier molecular flexibility index (Phi) is 4.72. The van der Waals surface area contributed by atoms with Crippen LogP contribution in [0, 0.1) is 0 Å². The highest BCUT2D eigenvalue weighted by molar-refractivity contribution is 9.11. The predicted molar refractivity (Wildman–Crippen MR) is 102 cm³/mol. The maximum atomic E-state index is 11.8. The molecular weight excluding hydrogens is 478 g/mol. The summed E-state index contributed by atoms with van der Waals surface area (Å²) in [5.41, 5.74) is 0.169. The fourth-order valence-corrected chi connectivity index (χ4v) is 4.08. The second-order valence-electron chi connectivity index (χ2n) is 4.99. The van der Waals surface area contributed by atoms with E-state index in [0.29, 0.717) is 25.5 Å². The molecule has 3 rings (SSSR count). The van der Waals surface area contributed by atoms with Crippen molar-refractivity contribution >= 4 is 55.3 Å². The van der Waals surface area contributed by atoms with Crippen LogP contribution in [0.15, 0.2) is 32.1 Å². The molecule has 0 fully saturated rings. The van der Waals surface area contributed by atoms with E-state index < -0.39 is 16.9 Å². The molecule has 1 heterocycles. The fourth-order valence-electron chi connectivity index (χ4n) is 2.09. The van der Waals surface area contributed by atoms with Gasteiger partial charge in [-0.3, -0.25) is 4.79 Å². The van der Waals surface area contributed by atoms with Gasteiger partial charge < -0.3 is 20.4 Å². The van der Waals surface area contributed by atoms with E-state index in [1.54, 1.807) is 18.2 Å². The number of rotatable bonds is 2. The molecule has 0 atom stereocenters. The van der Waals surface area contributed by atoms with Crippen LogP contribution in [0.4, 0.5) is 0 Å². The smallest absolute Gasteiger partial charge is 0.264 e. The predicted octanol–water partition coefficient (Wildman–Crippen LogP) is 4.13. The molecule has 0 bridgehead atoms. The summed E-state index contributed by atoms with van der Waals surface area (Å²) >= 11 is 7.32. The van der Waals surface area contributed by atoms with E-state index in [1.807, 2.05) is 0 Å². The van der Waals surface area contributed by atoms with E-state index in [9.17, 15) is 25.2 Å². The van der Waals surface area contributed by atoms with Crippen LogP contribution in [0.3, 0.4) is 0 Å². The molecule has 0 unspecified atom stereocenters. The number of nitrogens with zero attached hydrogens (tertiary/aromatic N) is 1. The standard InChI is InChI=1S/C16H9Br2NO5S/c17-8-3-6(4-9(20)12(8)21)1-2-10-19-5-7-11(18)13(22)14(23)15(24)16(7)25-10/h1-5,20-22,24H/b2-1+. The number of phenols is 4. The molecule has 1 aliphatic heterocycles. The third-order valence-corrected chi connectivity index (χ3v) is 5.82. The topological polar surface area (TPSA) is 111 Å². The lowest BCUT2D eigenvalue weighted by atomic mass is 10.1. The zero-order valence-electron chi connectivity index (χ0n) is 12.2. The Labute approximate surface area is 162 Å². The second-order valence-corrected chi connectivity index (χ2v) is 7.66. The van der Waals surface area contributed by atoms with Crippen molar-refractivity contribution in [3.8, 4) is 33.4 Å². The summed E-state index contributed by atoms with van der Waals surface area (Å²) in [4.78, 5) is 16.3. The Morgan fingerprint density at radius 2 is 1.72 bits per heavy atom. The van der Waals surface area contributed by atoms with Crippen molar-refractivity contribution in [2.45, 2.75) is 0 Å². The van der Waals surface area contributed by atoms with Crippen molar-refractivity contribution in [3.63, 3.8) is 0 Å². The highest BCUT2D eigenvalue weighted by Crippen LogP contribution is 2.42. The first-order chi connectivity index (χ1) is 11.8. The minimum Gasteiger partial charge on any atom is -0.504 e. The molecule has 1 aliphatic carbocycles. The molecule has 0 amide bonds. The fraction of sp³-hybridized carbons (Fsp3) is 0. The van der Waals surface area contributed by atoms with Gasteiger partial charge in [0.15, 0.2) is 23.0 Å². The number of benzene rings is 2. The quantitative estimate of drug-likeness (QED) is 0.405. The summed E-state index contributed by atoms with van der Waals surface area (Å²) in [6.45, 7) is 0. The van der Waals surface area contributed by atoms with Gasteiger partial charge in [0.2, 0.25) is 0 Å². The number of phenolic OH excluding ortho intramolecular Hbond substituents is 4. The van der Waals surface area contributed by atoms with Crippen LogP contribution >= 0.6 is 43.2 Å². The Morgan fingerprint density at radius 3 is 2.40 bits per heavy atom. The third kappa shape index (κ3) is 3.22. The van der Waals surface area contributed by atoms with Gasteiger partial charge in [0.25, 0.3) is 5.43 Å². The lowest BCUT2D eigenvalue weighted by Crippen LogP contribution is -2.03. The lowest BCUT2D eigenvalue weighted by Gasteiger charge is -2.10. The maximum Gasteiger partial charge on any atom is 0.264 e. The molecule has 25 heavy (non-hydrogen) atoms. The Hall–Kier alpha value is -2.10. The number of aromatic nitrogens is 1. The number of hydrogen-bond acceptors (Lipinski definition) is 7. The zero-order chi connectivity index (χ0) is 18.3. The number of halogens is 2. The van der Waals surface area contributed by atoms with E-state index in [0.717, 1.165) is 11.3 Å². The molecule has 0 saturated heterocycles. The number of hydrogen-bond donors (Lipinski definition) is 4. The van der Waals surface area contributed by atoms with Crippen molar-refractivity contribution in [3.05, 3.63) is 48.1 Å². The van der Waals surface area contributed by atoms with Crippen LogP contribution < -0.4 is 5.43 Å². The van der Waals surface area contributed by atoms with Crippen molar-refractivity contribution in [1.82, 2.24) is 4.98 Å².